The van der Waals surface area contributed by atoms with Gasteiger partial charge in [0.05, 0.1) is 13.2 Å². The van der Waals surface area contributed by atoms with Gasteiger partial charge in [-0.3, -0.25) is 9.59 Å². The highest BCUT2D eigenvalue weighted by Gasteiger charge is 2.16. The molecule has 0 aliphatic carbocycles. The molecule has 210 valence electrons. The van der Waals surface area contributed by atoms with Gasteiger partial charge >= 0.3 is 0 Å². The number of benzene rings is 1. The van der Waals surface area contributed by atoms with Crippen molar-refractivity contribution in [3.05, 3.63) is 23.8 Å². The van der Waals surface area contributed by atoms with Gasteiger partial charge in [-0.2, -0.15) is 4.99 Å². The van der Waals surface area contributed by atoms with E-state index < -0.39 is 0 Å². The lowest BCUT2D eigenvalue weighted by atomic mass is 9.99. The van der Waals surface area contributed by atoms with Gasteiger partial charge in [0.25, 0.3) is 12.4 Å². The summed E-state index contributed by atoms with van der Waals surface area (Å²) in [6.45, 7) is 11.4. The molecular formula is C25H46N2O8S. The molecule has 1 aromatic carbocycles. The molecule has 11 heteroatoms. The zero-order chi connectivity index (χ0) is 29.0. The quantitative estimate of drug-likeness (QED) is 0.149. The zero-order valence-electron chi connectivity index (χ0n) is 22.8. The number of aliphatic imine (C=N–C) groups is 1. The number of aliphatic hydroxyl groups excluding tert-OH is 2. The van der Waals surface area contributed by atoms with Crippen molar-refractivity contribution in [3.63, 3.8) is 0 Å². The maximum absolute atomic E-state index is 12.3. The maximum atomic E-state index is 12.3. The van der Waals surface area contributed by atoms with Gasteiger partial charge in [0, 0.05) is 19.8 Å². The number of amides is 1. The fourth-order valence-corrected chi connectivity index (χ4v) is 2.44. The van der Waals surface area contributed by atoms with Gasteiger partial charge in [-0.1, -0.05) is 65.1 Å². The van der Waals surface area contributed by atoms with Crippen molar-refractivity contribution in [2.75, 3.05) is 33.7 Å². The highest BCUT2D eigenvalue weighted by Crippen LogP contribution is 2.30. The van der Waals surface area contributed by atoms with Crippen molar-refractivity contribution in [1.29, 1.82) is 0 Å². The molecule has 0 saturated heterocycles. The molecule has 0 spiro atoms. The summed E-state index contributed by atoms with van der Waals surface area (Å²) < 4.78 is 11.9. The molecule has 1 rings (SSSR count). The van der Waals surface area contributed by atoms with Gasteiger partial charge in [-0.15, -0.1) is 0 Å². The van der Waals surface area contributed by atoms with Crippen LogP contribution in [0.1, 0.15) is 70.2 Å². The van der Waals surface area contributed by atoms with E-state index in [0.29, 0.717) is 30.3 Å². The summed E-state index contributed by atoms with van der Waals surface area (Å²) in [5.41, 5.74) is 6.12. The van der Waals surface area contributed by atoms with Crippen molar-refractivity contribution in [1.82, 2.24) is 0 Å². The van der Waals surface area contributed by atoms with Crippen molar-refractivity contribution in [2.45, 2.75) is 59.8 Å². The predicted molar refractivity (Wildman–Crippen MR) is 147 cm³/mol. The van der Waals surface area contributed by atoms with Crippen LogP contribution in [0.25, 0.3) is 0 Å². The first-order valence-corrected chi connectivity index (χ1v) is 12.5. The molecule has 1 amide bonds. The standard InChI is InChI=1S/C21H34N2O3S.CH2O2.2CH4O.CH2O/c1-6-7-8-9-10-13-25-18-14-16(19(24)23-20(22)27-5)11-12-17(18)26-15-21(2,3)4;2-1-3;3*1-2/h11-12,14H,6-10,13,15H2,1-5H3,(H2,22,23,24);1H,(H,2,3);2*2H,1H3;1H2. The van der Waals surface area contributed by atoms with Crippen molar-refractivity contribution in [3.8, 4) is 11.5 Å². The lowest BCUT2D eigenvalue weighted by molar-refractivity contribution is -0.122. The Bertz CT molecular complexity index is 695. The number of aliphatic hydroxyl groups is 2. The molecule has 0 aliphatic rings. The summed E-state index contributed by atoms with van der Waals surface area (Å²) in [5.74, 6) is 0.854. The number of amidine groups is 1. The predicted octanol–water partition coefficient (Wildman–Crippen LogP) is 4.01. The van der Waals surface area contributed by atoms with Crippen LogP contribution in [0, 0.1) is 5.41 Å². The van der Waals surface area contributed by atoms with Crippen LogP contribution in [0.15, 0.2) is 23.2 Å². The van der Waals surface area contributed by atoms with E-state index in [4.69, 9.17) is 40.1 Å². The van der Waals surface area contributed by atoms with Gasteiger partial charge in [0.2, 0.25) is 0 Å². The summed E-state index contributed by atoms with van der Waals surface area (Å²) in [6, 6.07) is 5.17. The van der Waals surface area contributed by atoms with Crippen LogP contribution in [-0.4, -0.2) is 73.3 Å². The van der Waals surface area contributed by atoms with Gasteiger partial charge in [0.1, 0.15) is 6.79 Å². The molecule has 0 fully saturated rings. The number of carbonyl (C=O) groups excluding carboxylic acids is 2. The maximum Gasteiger partial charge on any atom is 0.290 e. The molecule has 36 heavy (non-hydrogen) atoms. The number of rotatable bonds is 10. The fraction of sp³-hybridized carbons (Fsp3) is 0.600. The third-order valence-electron chi connectivity index (χ3n) is 3.78. The van der Waals surface area contributed by atoms with E-state index in [1.165, 1.54) is 31.0 Å². The van der Waals surface area contributed by atoms with Crippen LogP contribution in [0.2, 0.25) is 0 Å². The van der Waals surface area contributed by atoms with Crippen LogP contribution < -0.4 is 15.2 Å². The summed E-state index contributed by atoms with van der Waals surface area (Å²) >= 11 is 1.24. The molecule has 10 nitrogen and oxygen atoms in total. The van der Waals surface area contributed by atoms with Gasteiger partial charge < -0.3 is 35.3 Å². The molecule has 0 heterocycles. The lowest BCUT2D eigenvalue weighted by Gasteiger charge is -2.20. The molecule has 0 atom stereocenters. The average Bonchev–Trinajstić information content (AvgIpc) is 2.88. The topological polar surface area (TPSA) is 169 Å². The number of nitrogens with zero attached hydrogens (tertiary/aromatic N) is 1. The minimum Gasteiger partial charge on any atom is -0.490 e. The van der Waals surface area contributed by atoms with Gasteiger partial charge in [-0.05, 0) is 36.3 Å². The monoisotopic (exact) mass is 534 g/mol. The first kappa shape index (κ1) is 40.5. The summed E-state index contributed by atoms with van der Waals surface area (Å²) in [4.78, 5) is 32.5. The van der Waals surface area contributed by atoms with E-state index in [9.17, 15) is 4.79 Å². The second-order valence-corrected chi connectivity index (χ2v) is 8.66. The van der Waals surface area contributed by atoms with E-state index in [2.05, 4.69) is 32.7 Å². The molecule has 0 radical (unpaired) electrons. The second-order valence-electron chi connectivity index (χ2n) is 7.84. The summed E-state index contributed by atoms with van der Waals surface area (Å²) in [7, 11) is 2.00. The summed E-state index contributed by atoms with van der Waals surface area (Å²) in [6.07, 6.45) is 7.58. The third kappa shape index (κ3) is 24.5. The average molecular weight is 535 g/mol. The molecule has 0 bridgehead atoms. The van der Waals surface area contributed by atoms with Crippen LogP contribution in [-0.2, 0) is 9.59 Å². The van der Waals surface area contributed by atoms with Crippen LogP contribution >= 0.6 is 11.8 Å². The molecule has 0 aromatic heterocycles. The minimum atomic E-state index is -0.378. The van der Waals surface area contributed by atoms with E-state index >= 15 is 0 Å². The normalized spacial score (nSPS) is 9.86. The van der Waals surface area contributed by atoms with E-state index in [0.717, 1.165) is 27.1 Å². The Labute approximate surface area is 220 Å². The number of carboxylic acid groups (broad SMARTS) is 1. The largest absolute Gasteiger partial charge is 0.490 e. The number of nitrogens with two attached hydrogens (primary N) is 1. The Morgan fingerprint density at radius 3 is 2.06 bits per heavy atom. The fourth-order valence-electron chi connectivity index (χ4n) is 2.27. The molecule has 0 unspecified atom stereocenters. The van der Waals surface area contributed by atoms with Gasteiger partial charge in [-0.25, -0.2) is 0 Å². The number of thioether (sulfide) groups is 1. The highest BCUT2D eigenvalue weighted by atomic mass is 32.2. The third-order valence-corrected chi connectivity index (χ3v) is 4.29. The highest BCUT2D eigenvalue weighted by molar-refractivity contribution is 8.13. The van der Waals surface area contributed by atoms with Crippen LogP contribution in [0.4, 0.5) is 0 Å². The van der Waals surface area contributed by atoms with E-state index in [1.807, 2.05) is 6.79 Å². The van der Waals surface area contributed by atoms with E-state index in [1.54, 1.807) is 24.5 Å². The molecule has 0 aliphatic heterocycles. The Morgan fingerprint density at radius 1 is 1.06 bits per heavy atom. The number of hydrogen-bond donors (Lipinski definition) is 4. The van der Waals surface area contributed by atoms with Gasteiger partial charge in [0.15, 0.2) is 16.7 Å². The first-order chi connectivity index (χ1) is 17.2. The smallest absolute Gasteiger partial charge is 0.290 e. The number of unbranched alkanes of at least 4 members (excludes halogenated alkanes) is 4. The lowest BCUT2D eigenvalue weighted by Crippen LogP contribution is -2.17. The summed E-state index contributed by atoms with van der Waals surface area (Å²) in [5, 5.41) is 21.1. The van der Waals surface area contributed by atoms with Crippen molar-refractivity contribution < 1.29 is 39.2 Å². The Kier molecular flexibility index (Phi) is 32.2. The molecule has 1 aromatic rings. The number of hydrogen-bond acceptors (Lipinski definition) is 8. The first-order valence-electron chi connectivity index (χ1n) is 11.3. The SMILES string of the molecule is C=O.CCCCCCCOc1cc(C(=O)N=C(N)SC)ccc1OCC(C)(C)C.CO.CO.O=CO. The Balaban J connectivity index is -0.000000504. The second kappa shape index (κ2) is 28.6. The Hall–Kier alpha value is -2.63. The number of carbonyl (C=O) groups is 3. The Morgan fingerprint density at radius 2 is 1.58 bits per heavy atom. The molecule has 5 N–H and O–H groups in total. The van der Waals surface area contributed by atoms with Crippen LogP contribution in [0.5, 0.6) is 11.5 Å². The minimum absolute atomic E-state index is 0.0308. The molecule has 0 saturated carbocycles. The van der Waals surface area contributed by atoms with E-state index in [-0.39, 0.29) is 23.0 Å². The zero-order valence-corrected chi connectivity index (χ0v) is 23.6. The van der Waals surface area contributed by atoms with Crippen molar-refractivity contribution >= 4 is 36.1 Å². The molecular weight excluding hydrogens is 488 g/mol. The van der Waals surface area contributed by atoms with Crippen molar-refractivity contribution in [2.24, 2.45) is 16.1 Å². The number of ether oxygens (including phenoxy) is 2. The van der Waals surface area contributed by atoms with Crippen LogP contribution in [0.3, 0.4) is 0 Å².